The molecule has 0 aromatic carbocycles. The minimum absolute atomic E-state index is 0.0363. The molecular formula is C6H10N2O2S. The van der Waals surface area contributed by atoms with Gasteiger partial charge < -0.3 is 15.4 Å². The van der Waals surface area contributed by atoms with Crippen LogP contribution >= 0.6 is 11.3 Å². The van der Waals surface area contributed by atoms with Gasteiger partial charge in [-0.1, -0.05) is 11.3 Å². The predicted molar refractivity (Wildman–Crippen MR) is 43.7 cm³/mol. The first-order chi connectivity index (χ1) is 5.33. The Bertz CT molecular complexity index is 255. The van der Waals surface area contributed by atoms with Crippen molar-refractivity contribution in [2.24, 2.45) is 0 Å². The third-order valence-corrected chi connectivity index (χ3v) is 1.89. The van der Waals surface area contributed by atoms with Crippen molar-refractivity contribution in [2.45, 2.75) is 6.54 Å². The molecule has 0 saturated carbocycles. The molecule has 0 spiro atoms. The number of aromatic amines is 1. The Morgan fingerprint density at radius 2 is 2.55 bits per heavy atom. The van der Waals surface area contributed by atoms with Crippen LogP contribution in [0, 0.1) is 0 Å². The van der Waals surface area contributed by atoms with Crippen LogP contribution in [0.25, 0.3) is 0 Å². The van der Waals surface area contributed by atoms with E-state index in [9.17, 15) is 4.79 Å². The summed E-state index contributed by atoms with van der Waals surface area (Å²) in [5, 5.41) is 13.1. The van der Waals surface area contributed by atoms with E-state index in [1.54, 1.807) is 5.38 Å². The number of aliphatic hydroxyl groups is 1. The SMILES string of the molecule is O=c1[nH]c(CNCCO)cs1. The zero-order chi connectivity index (χ0) is 8.10. The fourth-order valence-electron chi connectivity index (χ4n) is 0.703. The molecule has 0 fully saturated rings. The summed E-state index contributed by atoms with van der Waals surface area (Å²) in [7, 11) is 0. The minimum Gasteiger partial charge on any atom is -0.395 e. The number of thiazole rings is 1. The molecule has 3 N–H and O–H groups in total. The zero-order valence-corrected chi connectivity index (χ0v) is 6.78. The first-order valence-corrected chi connectivity index (χ1v) is 4.19. The van der Waals surface area contributed by atoms with Crippen LogP contribution in [0.3, 0.4) is 0 Å². The summed E-state index contributed by atoms with van der Waals surface area (Å²) in [6, 6.07) is 0. The van der Waals surface area contributed by atoms with Crippen LogP contribution in [0.1, 0.15) is 5.69 Å². The summed E-state index contributed by atoms with van der Waals surface area (Å²) in [5.41, 5.74) is 0.869. The fraction of sp³-hybridized carbons (Fsp3) is 0.500. The van der Waals surface area contributed by atoms with E-state index >= 15 is 0 Å². The molecule has 0 saturated heterocycles. The van der Waals surface area contributed by atoms with E-state index < -0.39 is 0 Å². The quantitative estimate of drug-likeness (QED) is 0.540. The van der Waals surface area contributed by atoms with Crippen LogP contribution in [-0.2, 0) is 6.54 Å². The smallest absolute Gasteiger partial charge is 0.304 e. The van der Waals surface area contributed by atoms with E-state index in [0.717, 1.165) is 17.0 Å². The normalized spacial score (nSPS) is 10.3. The highest BCUT2D eigenvalue weighted by Crippen LogP contribution is 1.93. The van der Waals surface area contributed by atoms with Crippen molar-refractivity contribution in [3.05, 3.63) is 20.7 Å². The van der Waals surface area contributed by atoms with Gasteiger partial charge in [-0.25, -0.2) is 0 Å². The van der Waals surface area contributed by atoms with Crippen molar-refractivity contribution in [3.63, 3.8) is 0 Å². The number of hydrogen-bond acceptors (Lipinski definition) is 4. The molecule has 5 heteroatoms. The minimum atomic E-state index is -0.0363. The molecule has 0 radical (unpaired) electrons. The molecule has 1 aromatic rings. The molecule has 62 valence electrons. The third kappa shape index (κ3) is 2.83. The van der Waals surface area contributed by atoms with E-state index in [0.29, 0.717) is 13.1 Å². The van der Waals surface area contributed by atoms with Crippen molar-refractivity contribution < 1.29 is 5.11 Å². The Balaban J connectivity index is 2.33. The highest BCUT2D eigenvalue weighted by molar-refractivity contribution is 7.07. The molecule has 4 nitrogen and oxygen atoms in total. The van der Waals surface area contributed by atoms with Gasteiger partial charge in [0, 0.05) is 24.2 Å². The van der Waals surface area contributed by atoms with Gasteiger partial charge in [-0.15, -0.1) is 0 Å². The van der Waals surface area contributed by atoms with Gasteiger partial charge in [0.15, 0.2) is 0 Å². The second kappa shape index (κ2) is 4.27. The Morgan fingerprint density at radius 1 is 1.73 bits per heavy atom. The third-order valence-electron chi connectivity index (χ3n) is 1.17. The Labute approximate surface area is 67.9 Å². The second-order valence-corrected chi connectivity index (χ2v) is 2.92. The maximum absolute atomic E-state index is 10.6. The number of nitrogens with one attached hydrogen (secondary N) is 2. The van der Waals surface area contributed by atoms with Gasteiger partial charge in [0.2, 0.25) is 0 Å². The van der Waals surface area contributed by atoms with Gasteiger partial charge in [-0.05, 0) is 0 Å². The van der Waals surface area contributed by atoms with Gasteiger partial charge in [-0.2, -0.15) is 0 Å². The maximum Gasteiger partial charge on any atom is 0.304 e. The van der Waals surface area contributed by atoms with E-state index in [1.165, 1.54) is 0 Å². The van der Waals surface area contributed by atoms with Gasteiger partial charge >= 0.3 is 4.87 Å². The Hall–Kier alpha value is -0.650. The lowest BCUT2D eigenvalue weighted by Gasteiger charge is -1.97. The lowest BCUT2D eigenvalue weighted by molar-refractivity contribution is 0.291. The van der Waals surface area contributed by atoms with Crippen LogP contribution in [-0.4, -0.2) is 23.2 Å². The summed E-state index contributed by atoms with van der Waals surface area (Å²) >= 11 is 1.15. The number of aliphatic hydroxyl groups excluding tert-OH is 1. The number of aromatic nitrogens is 1. The van der Waals surface area contributed by atoms with Gasteiger partial charge in [0.05, 0.1) is 6.61 Å². The largest absolute Gasteiger partial charge is 0.395 e. The molecule has 0 aliphatic carbocycles. The van der Waals surface area contributed by atoms with Crippen molar-refractivity contribution in [2.75, 3.05) is 13.2 Å². The van der Waals surface area contributed by atoms with Crippen molar-refractivity contribution >= 4 is 11.3 Å². The summed E-state index contributed by atoms with van der Waals surface area (Å²) in [6.07, 6.45) is 0. The zero-order valence-electron chi connectivity index (χ0n) is 5.96. The lowest BCUT2D eigenvalue weighted by atomic mass is 10.5. The fourth-order valence-corrected chi connectivity index (χ4v) is 1.28. The van der Waals surface area contributed by atoms with Crippen molar-refractivity contribution in [3.8, 4) is 0 Å². The molecular weight excluding hydrogens is 164 g/mol. The molecule has 0 amide bonds. The first kappa shape index (κ1) is 8.45. The highest BCUT2D eigenvalue weighted by Gasteiger charge is 1.93. The number of H-pyrrole nitrogens is 1. The van der Waals surface area contributed by atoms with Crippen LogP contribution in [0.5, 0.6) is 0 Å². The van der Waals surface area contributed by atoms with E-state index in [2.05, 4.69) is 10.3 Å². The number of rotatable bonds is 4. The standard InChI is InChI=1S/C6H10N2O2S/c9-2-1-7-3-5-4-11-6(10)8-5/h4,7,9H,1-3H2,(H,8,10). The monoisotopic (exact) mass is 174 g/mol. The first-order valence-electron chi connectivity index (χ1n) is 3.31. The molecule has 0 bridgehead atoms. The lowest BCUT2D eigenvalue weighted by Crippen LogP contribution is -2.18. The molecule has 0 unspecified atom stereocenters. The molecule has 0 aliphatic heterocycles. The average molecular weight is 174 g/mol. The molecule has 1 aromatic heterocycles. The van der Waals surface area contributed by atoms with Gasteiger partial charge in [0.25, 0.3) is 0 Å². The maximum atomic E-state index is 10.6. The average Bonchev–Trinajstić information content (AvgIpc) is 2.37. The van der Waals surface area contributed by atoms with Crippen molar-refractivity contribution in [1.29, 1.82) is 0 Å². The van der Waals surface area contributed by atoms with Crippen LogP contribution in [0.2, 0.25) is 0 Å². The molecule has 0 atom stereocenters. The number of hydrogen-bond donors (Lipinski definition) is 3. The summed E-state index contributed by atoms with van der Waals surface area (Å²) in [4.78, 5) is 13.2. The van der Waals surface area contributed by atoms with Crippen LogP contribution in [0.15, 0.2) is 10.2 Å². The van der Waals surface area contributed by atoms with E-state index in [-0.39, 0.29) is 11.5 Å². The van der Waals surface area contributed by atoms with E-state index in [4.69, 9.17) is 5.11 Å². The van der Waals surface area contributed by atoms with Crippen LogP contribution < -0.4 is 10.2 Å². The molecule has 0 aliphatic rings. The van der Waals surface area contributed by atoms with E-state index in [1.807, 2.05) is 0 Å². The molecule has 1 heterocycles. The highest BCUT2D eigenvalue weighted by atomic mass is 32.1. The molecule has 11 heavy (non-hydrogen) atoms. The van der Waals surface area contributed by atoms with Gasteiger partial charge in [0.1, 0.15) is 0 Å². The van der Waals surface area contributed by atoms with Gasteiger partial charge in [-0.3, -0.25) is 4.79 Å². The Morgan fingerprint density at radius 3 is 3.09 bits per heavy atom. The predicted octanol–water partition coefficient (Wildman–Crippen LogP) is -0.482. The summed E-state index contributed by atoms with van der Waals surface area (Å²) in [6.45, 7) is 1.28. The van der Waals surface area contributed by atoms with Crippen LogP contribution in [0.4, 0.5) is 0 Å². The molecule has 1 rings (SSSR count). The summed E-state index contributed by atoms with van der Waals surface area (Å²) in [5.74, 6) is 0. The topological polar surface area (TPSA) is 65.1 Å². The summed E-state index contributed by atoms with van der Waals surface area (Å²) < 4.78 is 0. The Kier molecular flexibility index (Phi) is 3.28. The second-order valence-electron chi connectivity index (χ2n) is 2.07. The van der Waals surface area contributed by atoms with Crippen molar-refractivity contribution in [1.82, 2.24) is 10.3 Å².